The van der Waals surface area contributed by atoms with Crippen molar-refractivity contribution >= 4 is 61.0 Å². The van der Waals surface area contributed by atoms with Crippen LogP contribution in [0.5, 0.6) is 0 Å². The average Bonchev–Trinajstić information content (AvgIpc) is 3.38. The second-order valence-corrected chi connectivity index (χ2v) is 9.98. The van der Waals surface area contributed by atoms with E-state index < -0.39 is 15.9 Å². The van der Waals surface area contributed by atoms with Gasteiger partial charge in [-0.25, -0.2) is 8.42 Å². The fraction of sp³-hybridized carbons (Fsp3) is 0.0435. The summed E-state index contributed by atoms with van der Waals surface area (Å²) in [6.45, 7) is -0.359. The van der Waals surface area contributed by atoms with Crippen molar-refractivity contribution in [3.8, 4) is 0 Å². The van der Waals surface area contributed by atoms with E-state index in [0.29, 0.717) is 27.3 Å². The minimum atomic E-state index is -3.82. The number of nitrogens with zero attached hydrogens (tertiary/aromatic N) is 1. The summed E-state index contributed by atoms with van der Waals surface area (Å²) in [5, 5.41) is 8.75. The van der Waals surface area contributed by atoms with E-state index in [1.165, 1.54) is 11.3 Å². The highest BCUT2D eigenvalue weighted by Crippen LogP contribution is 2.41. The van der Waals surface area contributed by atoms with Crippen LogP contribution in [-0.2, 0) is 14.8 Å². The van der Waals surface area contributed by atoms with Gasteiger partial charge in [0.2, 0.25) is 5.91 Å². The van der Waals surface area contributed by atoms with Crippen molar-refractivity contribution in [2.24, 2.45) is 0 Å². The van der Waals surface area contributed by atoms with Crippen molar-refractivity contribution in [3.05, 3.63) is 83.1 Å². The Morgan fingerprint density at radius 1 is 0.875 bits per heavy atom. The summed E-state index contributed by atoms with van der Waals surface area (Å²) in [6, 6.07) is 20.6. The molecule has 2 heterocycles. The first-order valence-electron chi connectivity index (χ1n) is 9.73. The molecule has 0 fully saturated rings. The van der Waals surface area contributed by atoms with Gasteiger partial charge in [-0.1, -0.05) is 36.4 Å². The number of amides is 2. The van der Waals surface area contributed by atoms with Gasteiger partial charge in [0.05, 0.1) is 15.5 Å². The van der Waals surface area contributed by atoms with Crippen molar-refractivity contribution < 1.29 is 18.0 Å². The fourth-order valence-electron chi connectivity index (χ4n) is 3.73. The molecule has 1 aliphatic rings. The van der Waals surface area contributed by atoms with Crippen molar-refractivity contribution in [3.63, 3.8) is 0 Å². The number of hydrogen-bond donors (Lipinski definition) is 2. The molecule has 0 saturated heterocycles. The maximum absolute atomic E-state index is 13.0. The SMILES string of the molecule is O=C(CN1c2cccc3cccc(c23)S1(=O)=O)Nc1cccc(NC(=O)c2cccs2)c1. The molecule has 0 spiro atoms. The number of rotatable bonds is 5. The number of sulfonamides is 1. The summed E-state index contributed by atoms with van der Waals surface area (Å²) < 4.78 is 27.2. The predicted molar refractivity (Wildman–Crippen MR) is 126 cm³/mol. The molecule has 0 unspecified atom stereocenters. The first-order chi connectivity index (χ1) is 15.4. The molecule has 0 radical (unpaired) electrons. The molecule has 9 heteroatoms. The van der Waals surface area contributed by atoms with E-state index in [1.54, 1.807) is 60.7 Å². The Bertz CT molecular complexity index is 1460. The number of thiophene rings is 1. The molecule has 1 aromatic heterocycles. The van der Waals surface area contributed by atoms with Crippen molar-refractivity contribution in [1.82, 2.24) is 0 Å². The van der Waals surface area contributed by atoms with Gasteiger partial charge < -0.3 is 10.6 Å². The summed E-state index contributed by atoms with van der Waals surface area (Å²) >= 11 is 1.33. The molecule has 0 saturated carbocycles. The molecule has 7 nitrogen and oxygen atoms in total. The number of benzene rings is 3. The van der Waals surface area contributed by atoms with Crippen LogP contribution in [0.3, 0.4) is 0 Å². The summed E-state index contributed by atoms with van der Waals surface area (Å²) in [7, 11) is -3.82. The van der Waals surface area contributed by atoms with Gasteiger partial charge >= 0.3 is 0 Å². The lowest BCUT2D eigenvalue weighted by Gasteiger charge is -2.18. The van der Waals surface area contributed by atoms with Crippen LogP contribution in [0.2, 0.25) is 0 Å². The van der Waals surface area contributed by atoms with Crippen LogP contribution in [0.1, 0.15) is 9.67 Å². The van der Waals surface area contributed by atoms with Gasteiger partial charge in [-0.05, 0) is 47.2 Å². The smallest absolute Gasteiger partial charge is 0.265 e. The van der Waals surface area contributed by atoms with Crippen LogP contribution in [0.15, 0.2) is 83.1 Å². The van der Waals surface area contributed by atoms with Crippen LogP contribution in [0, 0.1) is 0 Å². The Balaban J connectivity index is 1.34. The van der Waals surface area contributed by atoms with Crippen LogP contribution >= 0.6 is 11.3 Å². The lowest BCUT2D eigenvalue weighted by molar-refractivity contribution is -0.114. The first kappa shape index (κ1) is 20.2. The van der Waals surface area contributed by atoms with E-state index in [-0.39, 0.29) is 17.3 Å². The summed E-state index contributed by atoms with van der Waals surface area (Å²) in [4.78, 5) is 25.8. The monoisotopic (exact) mass is 463 g/mol. The third-order valence-corrected chi connectivity index (χ3v) is 7.79. The van der Waals surface area contributed by atoms with Crippen molar-refractivity contribution in [1.29, 1.82) is 0 Å². The van der Waals surface area contributed by atoms with Gasteiger partial charge in [0.15, 0.2) is 0 Å². The molecule has 0 aliphatic carbocycles. The maximum atomic E-state index is 13.0. The van der Waals surface area contributed by atoms with Crippen molar-refractivity contribution in [2.45, 2.75) is 4.90 Å². The zero-order valence-corrected chi connectivity index (χ0v) is 18.2. The molecule has 160 valence electrons. The number of carbonyl (C=O) groups excluding carboxylic acids is 2. The second kappa shape index (κ2) is 7.77. The third-order valence-electron chi connectivity index (χ3n) is 5.12. The number of anilines is 3. The summed E-state index contributed by atoms with van der Waals surface area (Å²) in [5.41, 5.74) is 1.46. The Kier molecular flexibility index (Phi) is 4.91. The minimum Gasteiger partial charge on any atom is -0.324 e. The van der Waals surface area contributed by atoms with Crippen LogP contribution < -0.4 is 14.9 Å². The standard InChI is InChI=1S/C23H17N3O4S2/c27-21(24-16-7-3-8-17(13-16)25-23(28)19-10-4-12-31-19)14-26-18-9-1-5-15-6-2-11-20(22(15)18)32(26,29)30/h1-13H,14H2,(H,24,27)(H,25,28). The second-order valence-electron chi connectivity index (χ2n) is 7.20. The van der Waals surface area contributed by atoms with E-state index in [1.807, 2.05) is 17.5 Å². The molecule has 0 atom stereocenters. The van der Waals surface area contributed by atoms with Gasteiger partial charge in [0, 0.05) is 16.8 Å². The average molecular weight is 464 g/mol. The minimum absolute atomic E-state index is 0.205. The molecule has 2 amide bonds. The van der Waals surface area contributed by atoms with Gasteiger partial charge in [-0.3, -0.25) is 13.9 Å². The van der Waals surface area contributed by atoms with Gasteiger partial charge in [-0.15, -0.1) is 11.3 Å². The Hall–Kier alpha value is -3.69. The summed E-state index contributed by atoms with van der Waals surface area (Å²) in [5.74, 6) is -0.724. The molecule has 2 N–H and O–H groups in total. The van der Waals surface area contributed by atoms with E-state index in [9.17, 15) is 18.0 Å². The van der Waals surface area contributed by atoms with Crippen LogP contribution in [-0.4, -0.2) is 26.8 Å². The number of carbonyl (C=O) groups is 2. The summed E-state index contributed by atoms with van der Waals surface area (Å²) in [6.07, 6.45) is 0. The molecule has 5 rings (SSSR count). The van der Waals surface area contributed by atoms with Gasteiger partial charge in [0.25, 0.3) is 15.9 Å². The Morgan fingerprint density at radius 3 is 2.34 bits per heavy atom. The van der Waals surface area contributed by atoms with E-state index in [2.05, 4.69) is 10.6 Å². The largest absolute Gasteiger partial charge is 0.324 e. The molecule has 0 bridgehead atoms. The highest BCUT2D eigenvalue weighted by atomic mass is 32.2. The lowest BCUT2D eigenvalue weighted by atomic mass is 10.1. The Morgan fingerprint density at radius 2 is 1.59 bits per heavy atom. The normalized spacial score (nSPS) is 13.8. The molecule has 4 aromatic rings. The molecular weight excluding hydrogens is 446 g/mol. The molecule has 3 aromatic carbocycles. The third kappa shape index (κ3) is 3.51. The highest BCUT2D eigenvalue weighted by molar-refractivity contribution is 7.93. The topological polar surface area (TPSA) is 95.6 Å². The van der Waals surface area contributed by atoms with E-state index in [4.69, 9.17) is 0 Å². The predicted octanol–water partition coefficient (Wildman–Crippen LogP) is 4.30. The lowest BCUT2D eigenvalue weighted by Crippen LogP contribution is -2.35. The number of nitrogens with one attached hydrogen (secondary N) is 2. The molecule has 32 heavy (non-hydrogen) atoms. The zero-order chi connectivity index (χ0) is 22.3. The first-order valence-corrected chi connectivity index (χ1v) is 12.0. The van der Waals surface area contributed by atoms with Gasteiger partial charge in [-0.2, -0.15) is 0 Å². The van der Waals surface area contributed by atoms with Crippen LogP contribution in [0.4, 0.5) is 17.1 Å². The van der Waals surface area contributed by atoms with E-state index in [0.717, 1.165) is 9.69 Å². The molecule has 1 aliphatic heterocycles. The van der Waals surface area contributed by atoms with Crippen LogP contribution in [0.25, 0.3) is 10.8 Å². The van der Waals surface area contributed by atoms with Gasteiger partial charge in [0.1, 0.15) is 6.54 Å². The quantitative estimate of drug-likeness (QED) is 0.461. The fourth-order valence-corrected chi connectivity index (χ4v) is 6.02. The maximum Gasteiger partial charge on any atom is 0.265 e. The highest BCUT2D eigenvalue weighted by Gasteiger charge is 2.36. The number of hydrogen-bond acceptors (Lipinski definition) is 5. The Labute approximate surface area is 188 Å². The zero-order valence-electron chi connectivity index (χ0n) is 16.6. The molecular formula is C23H17N3O4S2. The van der Waals surface area contributed by atoms with E-state index >= 15 is 0 Å². The van der Waals surface area contributed by atoms with Crippen molar-refractivity contribution in [2.75, 3.05) is 21.5 Å².